The fourth-order valence-electron chi connectivity index (χ4n) is 2.93. The van der Waals surface area contributed by atoms with Crippen molar-refractivity contribution in [3.63, 3.8) is 0 Å². The molecule has 0 bridgehead atoms. The molecule has 27 heavy (non-hydrogen) atoms. The van der Waals surface area contributed by atoms with Gasteiger partial charge in [0.05, 0.1) is 14.2 Å². The van der Waals surface area contributed by atoms with Crippen LogP contribution in [-0.2, 0) is 6.54 Å². The standard InChI is InChI=1S/C18H20N6O2S/c1-5-8-23-11(2)9-13(21-23)17-22-24-16(19-20-18(24)27-17)12-6-7-14(25-3)15(10-12)26-4/h6-7,9-10H,5,8H2,1-4H3. The molecule has 0 amide bonds. The summed E-state index contributed by atoms with van der Waals surface area (Å²) in [5.74, 6) is 1.95. The summed E-state index contributed by atoms with van der Waals surface area (Å²) >= 11 is 1.47. The van der Waals surface area contributed by atoms with Crippen molar-refractivity contribution >= 4 is 16.3 Å². The molecule has 0 radical (unpaired) electrons. The van der Waals surface area contributed by atoms with Crippen LogP contribution in [0.2, 0.25) is 0 Å². The van der Waals surface area contributed by atoms with E-state index in [2.05, 4.69) is 35.2 Å². The molecule has 4 rings (SSSR count). The van der Waals surface area contributed by atoms with Crippen LogP contribution in [0.25, 0.3) is 27.1 Å². The lowest BCUT2D eigenvalue weighted by molar-refractivity contribution is 0.355. The number of fused-ring (bicyclic) bond motifs is 1. The van der Waals surface area contributed by atoms with Gasteiger partial charge < -0.3 is 9.47 Å². The average molecular weight is 384 g/mol. The minimum absolute atomic E-state index is 0.635. The first kappa shape index (κ1) is 17.5. The summed E-state index contributed by atoms with van der Waals surface area (Å²) in [5.41, 5.74) is 2.83. The number of rotatable bonds is 6. The number of benzene rings is 1. The second kappa shape index (κ2) is 6.99. The van der Waals surface area contributed by atoms with Crippen LogP contribution in [-0.4, -0.2) is 43.8 Å². The smallest absolute Gasteiger partial charge is 0.235 e. The number of nitrogens with zero attached hydrogens (tertiary/aromatic N) is 6. The van der Waals surface area contributed by atoms with E-state index in [4.69, 9.17) is 14.6 Å². The van der Waals surface area contributed by atoms with Crippen LogP contribution < -0.4 is 9.47 Å². The van der Waals surface area contributed by atoms with Crippen LogP contribution in [0.1, 0.15) is 19.0 Å². The second-order valence-corrected chi connectivity index (χ2v) is 7.05. The average Bonchev–Trinajstić information content (AvgIpc) is 3.36. The monoisotopic (exact) mass is 384 g/mol. The van der Waals surface area contributed by atoms with E-state index in [9.17, 15) is 0 Å². The Morgan fingerprint density at radius 2 is 1.85 bits per heavy atom. The second-order valence-electron chi connectivity index (χ2n) is 6.09. The molecule has 0 fully saturated rings. The Bertz CT molecular complexity index is 1100. The Balaban J connectivity index is 1.76. The topological polar surface area (TPSA) is 79.4 Å². The van der Waals surface area contributed by atoms with Crippen LogP contribution in [0.4, 0.5) is 0 Å². The molecule has 0 saturated carbocycles. The van der Waals surface area contributed by atoms with Gasteiger partial charge in [-0.05, 0) is 37.6 Å². The molecule has 4 aromatic rings. The van der Waals surface area contributed by atoms with E-state index in [-0.39, 0.29) is 0 Å². The highest BCUT2D eigenvalue weighted by atomic mass is 32.1. The first-order chi connectivity index (χ1) is 13.1. The number of hydrogen-bond acceptors (Lipinski definition) is 7. The number of methoxy groups -OCH3 is 2. The van der Waals surface area contributed by atoms with E-state index in [1.807, 2.05) is 22.9 Å². The molecule has 0 aliphatic heterocycles. The predicted octanol–water partition coefficient (Wildman–Crippen LogP) is 3.45. The van der Waals surface area contributed by atoms with E-state index in [1.165, 1.54) is 11.3 Å². The van der Waals surface area contributed by atoms with E-state index in [1.54, 1.807) is 18.7 Å². The maximum Gasteiger partial charge on any atom is 0.235 e. The summed E-state index contributed by atoms with van der Waals surface area (Å²) in [6.07, 6.45) is 1.04. The quantitative estimate of drug-likeness (QED) is 0.507. The zero-order chi connectivity index (χ0) is 19.0. The molecule has 0 N–H and O–H groups in total. The maximum absolute atomic E-state index is 5.39. The zero-order valence-electron chi connectivity index (χ0n) is 15.6. The SMILES string of the molecule is CCCn1nc(-c2nn3c(-c4ccc(OC)c(OC)c4)nnc3s2)cc1C. The van der Waals surface area contributed by atoms with Crippen molar-refractivity contribution < 1.29 is 9.47 Å². The maximum atomic E-state index is 5.39. The molecule has 0 spiro atoms. The summed E-state index contributed by atoms with van der Waals surface area (Å²) in [5, 5.41) is 18.7. The summed E-state index contributed by atoms with van der Waals surface area (Å²) in [4.78, 5) is 0.720. The van der Waals surface area contributed by atoms with E-state index in [0.29, 0.717) is 17.3 Å². The highest BCUT2D eigenvalue weighted by molar-refractivity contribution is 7.19. The fraction of sp³-hybridized carbons (Fsp3) is 0.333. The zero-order valence-corrected chi connectivity index (χ0v) is 16.4. The Morgan fingerprint density at radius 1 is 1.04 bits per heavy atom. The van der Waals surface area contributed by atoms with Crippen molar-refractivity contribution in [2.45, 2.75) is 26.8 Å². The minimum Gasteiger partial charge on any atom is -0.493 e. The minimum atomic E-state index is 0.635. The van der Waals surface area contributed by atoms with Gasteiger partial charge in [0.15, 0.2) is 22.3 Å². The Morgan fingerprint density at radius 3 is 2.59 bits per heavy atom. The molecule has 9 heteroatoms. The van der Waals surface area contributed by atoms with Gasteiger partial charge in [-0.15, -0.1) is 10.2 Å². The fourth-order valence-corrected chi connectivity index (χ4v) is 3.72. The number of hydrogen-bond donors (Lipinski definition) is 0. The molecule has 0 saturated heterocycles. The summed E-state index contributed by atoms with van der Waals surface area (Å²) in [7, 11) is 3.22. The molecule has 8 nitrogen and oxygen atoms in total. The van der Waals surface area contributed by atoms with Crippen molar-refractivity contribution in [1.82, 2.24) is 29.6 Å². The number of aryl methyl sites for hydroxylation is 2. The Kier molecular flexibility index (Phi) is 4.53. The lowest BCUT2D eigenvalue weighted by Gasteiger charge is -2.08. The van der Waals surface area contributed by atoms with Crippen LogP contribution in [0, 0.1) is 6.92 Å². The molecular formula is C18H20N6O2S. The van der Waals surface area contributed by atoms with Gasteiger partial charge >= 0.3 is 0 Å². The van der Waals surface area contributed by atoms with Gasteiger partial charge in [-0.2, -0.15) is 14.7 Å². The van der Waals surface area contributed by atoms with Crippen molar-refractivity contribution in [3.8, 4) is 33.6 Å². The lowest BCUT2D eigenvalue weighted by Crippen LogP contribution is -2.00. The molecular weight excluding hydrogens is 364 g/mol. The number of ether oxygens (including phenoxy) is 2. The van der Waals surface area contributed by atoms with Gasteiger partial charge in [0.25, 0.3) is 0 Å². The molecule has 1 aromatic carbocycles. The normalized spacial score (nSPS) is 11.3. The van der Waals surface area contributed by atoms with Crippen LogP contribution in [0.15, 0.2) is 24.3 Å². The Hall–Kier alpha value is -2.94. The third-order valence-electron chi connectivity index (χ3n) is 4.27. The predicted molar refractivity (Wildman–Crippen MR) is 103 cm³/mol. The molecule has 3 aromatic heterocycles. The summed E-state index contributed by atoms with van der Waals surface area (Å²) in [6.45, 7) is 5.09. The largest absolute Gasteiger partial charge is 0.493 e. The first-order valence-electron chi connectivity index (χ1n) is 8.64. The third kappa shape index (κ3) is 3.03. The first-order valence-corrected chi connectivity index (χ1v) is 9.45. The van der Waals surface area contributed by atoms with Gasteiger partial charge in [-0.1, -0.05) is 18.3 Å². The molecule has 0 aliphatic carbocycles. The van der Waals surface area contributed by atoms with Crippen molar-refractivity contribution in [2.75, 3.05) is 14.2 Å². The highest BCUT2D eigenvalue weighted by Gasteiger charge is 2.18. The molecule has 0 atom stereocenters. The van der Waals surface area contributed by atoms with Gasteiger partial charge in [0.1, 0.15) is 5.69 Å². The van der Waals surface area contributed by atoms with Gasteiger partial charge in [0, 0.05) is 17.8 Å². The third-order valence-corrected chi connectivity index (χ3v) is 5.19. The van der Waals surface area contributed by atoms with E-state index in [0.717, 1.165) is 39.9 Å². The summed E-state index contributed by atoms with van der Waals surface area (Å²) < 4.78 is 14.4. The van der Waals surface area contributed by atoms with Crippen LogP contribution in [0.5, 0.6) is 11.5 Å². The van der Waals surface area contributed by atoms with Crippen molar-refractivity contribution in [3.05, 3.63) is 30.0 Å². The molecule has 140 valence electrons. The molecule has 0 aliphatic rings. The van der Waals surface area contributed by atoms with E-state index < -0.39 is 0 Å². The molecule has 3 heterocycles. The van der Waals surface area contributed by atoms with E-state index >= 15 is 0 Å². The Labute approximate surface area is 160 Å². The van der Waals surface area contributed by atoms with Crippen LogP contribution >= 0.6 is 11.3 Å². The number of aromatic nitrogens is 6. The van der Waals surface area contributed by atoms with Crippen molar-refractivity contribution in [2.24, 2.45) is 0 Å². The van der Waals surface area contributed by atoms with Crippen molar-refractivity contribution in [1.29, 1.82) is 0 Å². The highest BCUT2D eigenvalue weighted by Crippen LogP contribution is 2.33. The van der Waals surface area contributed by atoms with Crippen LogP contribution in [0.3, 0.4) is 0 Å². The molecule has 0 unspecified atom stereocenters. The van der Waals surface area contributed by atoms with Gasteiger partial charge in [-0.3, -0.25) is 4.68 Å². The van der Waals surface area contributed by atoms with Gasteiger partial charge in [0.2, 0.25) is 4.96 Å². The lowest BCUT2D eigenvalue weighted by atomic mass is 10.2. The van der Waals surface area contributed by atoms with Gasteiger partial charge in [-0.25, -0.2) is 0 Å². The summed E-state index contributed by atoms with van der Waals surface area (Å²) in [6, 6.07) is 7.68.